The second kappa shape index (κ2) is 13.2. The summed E-state index contributed by atoms with van der Waals surface area (Å²) in [7, 11) is 0. The van der Waals surface area contributed by atoms with Crippen molar-refractivity contribution in [2.24, 2.45) is 0 Å². The normalized spacial score (nSPS) is 11.9. The van der Waals surface area contributed by atoms with E-state index in [1.165, 1.54) is 49.6 Å². The van der Waals surface area contributed by atoms with E-state index in [1.54, 1.807) is 0 Å². The van der Waals surface area contributed by atoms with Gasteiger partial charge in [0.1, 0.15) is 0 Å². The average molecular weight is 715 g/mol. The van der Waals surface area contributed by atoms with E-state index in [2.05, 4.69) is 187 Å². The number of hydrogen-bond donors (Lipinski definition) is 0. The molecule has 0 radical (unpaired) electrons. The number of fused-ring (bicyclic) bond motifs is 7. The molecule has 4 nitrogen and oxygen atoms in total. The van der Waals surface area contributed by atoms with Crippen LogP contribution in [-0.4, -0.2) is 19.5 Å². The van der Waals surface area contributed by atoms with Gasteiger partial charge in [-0.25, -0.2) is 15.0 Å². The third-order valence-corrected chi connectivity index (χ3v) is 11.1. The van der Waals surface area contributed by atoms with Crippen LogP contribution < -0.4 is 0 Å². The molecule has 0 amide bonds. The maximum Gasteiger partial charge on any atom is 0.164 e. The molecule has 1 aliphatic carbocycles. The van der Waals surface area contributed by atoms with Crippen molar-refractivity contribution in [2.75, 3.05) is 0 Å². The second-order valence-corrected chi connectivity index (χ2v) is 14.4. The molecule has 0 saturated heterocycles. The molecule has 0 N–H and O–H groups in total. The summed E-state index contributed by atoms with van der Waals surface area (Å²) in [5, 5.41) is 2.52. The molecule has 2 aromatic heterocycles. The first-order valence-corrected chi connectivity index (χ1v) is 19.1. The van der Waals surface area contributed by atoms with Crippen LogP contribution in [0.3, 0.4) is 0 Å². The number of rotatable bonds is 6. The maximum absolute atomic E-state index is 5.13. The highest BCUT2D eigenvalue weighted by molar-refractivity contribution is 6.15. The minimum Gasteiger partial charge on any atom is -0.309 e. The van der Waals surface area contributed by atoms with Crippen molar-refractivity contribution < 1.29 is 0 Å². The van der Waals surface area contributed by atoms with E-state index in [4.69, 9.17) is 15.0 Å². The van der Waals surface area contributed by atoms with Crippen molar-refractivity contribution in [1.82, 2.24) is 19.5 Å². The van der Waals surface area contributed by atoms with Gasteiger partial charge in [0.05, 0.1) is 11.0 Å². The standard InChI is InChI=1S/C52H34N4/c1-3-12-34(13-4-1)36-22-24-37(25-23-36)50-53-51(55-52(54-50)42-18-11-17-39(32-42)35-14-5-2-6-15-35)38-26-29-43(30-27-38)56-47-21-10-9-20-45(47)46-31-28-41-33-40-16-7-8-19-44(40)48(41)49(46)56/h1-32H,33H2. The molecule has 0 bridgehead atoms. The largest absolute Gasteiger partial charge is 0.309 e. The zero-order chi connectivity index (χ0) is 37.0. The van der Waals surface area contributed by atoms with Crippen molar-refractivity contribution >= 4 is 21.8 Å². The van der Waals surface area contributed by atoms with Crippen LogP contribution in [0.25, 0.3) is 95.0 Å². The molecule has 0 unspecified atom stereocenters. The molecule has 1 aliphatic rings. The molecule has 0 atom stereocenters. The van der Waals surface area contributed by atoms with Gasteiger partial charge < -0.3 is 4.57 Å². The predicted molar refractivity (Wildman–Crippen MR) is 230 cm³/mol. The van der Waals surface area contributed by atoms with E-state index >= 15 is 0 Å². The van der Waals surface area contributed by atoms with Crippen LogP contribution >= 0.6 is 0 Å². The zero-order valence-electron chi connectivity index (χ0n) is 30.5. The molecule has 0 fully saturated rings. The SMILES string of the molecule is c1ccc(-c2ccc(-c3nc(-c4ccc(-n5c6ccccc6c6ccc7c(c65)-c5ccccc5C7)cc4)nc(-c4cccc(-c5ccccc5)c4)n3)cc2)cc1. The summed E-state index contributed by atoms with van der Waals surface area (Å²) in [6.45, 7) is 0. The Labute approximate surface area is 325 Å². The van der Waals surface area contributed by atoms with Crippen LogP contribution in [0.5, 0.6) is 0 Å². The summed E-state index contributed by atoms with van der Waals surface area (Å²) < 4.78 is 2.43. The minimum absolute atomic E-state index is 0.630. The van der Waals surface area contributed by atoms with Gasteiger partial charge >= 0.3 is 0 Å². The minimum atomic E-state index is 0.630. The van der Waals surface area contributed by atoms with Gasteiger partial charge in [0, 0.05) is 38.7 Å². The topological polar surface area (TPSA) is 43.6 Å². The van der Waals surface area contributed by atoms with Crippen molar-refractivity contribution in [3.8, 4) is 73.2 Å². The Morgan fingerprint density at radius 3 is 1.62 bits per heavy atom. The number of nitrogens with zero attached hydrogens (tertiary/aromatic N) is 4. The fourth-order valence-electron chi connectivity index (χ4n) is 8.37. The van der Waals surface area contributed by atoms with Gasteiger partial charge in [-0.3, -0.25) is 0 Å². The number of para-hydroxylation sites is 1. The Kier molecular flexibility index (Phi) is 7.52. The first-order chi connectivity index (χ1) is 27.7. The molecule has 56 heavy (non-hydrogen) atoms. The highest BCUT2D eigenvalue weighted by Gasteiger charge is 2.25. The van der Waals surface area contributed by atoms with E-state index < -0.39 is 0 Å². The Balaban J connectivity index is 1.05. The molecule has 10 aromatic rings. The summed E-state index contributed by atoms with van der Waals surface area (Å²) in [5.41, 5.74) is 16.3. The lowest BCUT2D eigenvalue weighted by Gasteiger charge is -2.13. The van der Waals surface area contributed by atoms with Gasteiger partial charge in [0.15, 0.2) is 17.5 Å². The van der Waals surface area contributed by atoms with E-state index in [9.17, 15) is 0 Å². The summed E-state index contributed by atoms with van der Waals surface area (Å²) in [4.78, 5) is 15.3. The first-order valence-electron chi connectivity index (χ1n) is 19.1. The van der Waals surface area contributed by atoms with E-state index in [0.717, 1.165) is 45.5 Å². The van der Waals surface area contributed by atoms with Crippen LogP contribution in [0.2, 0.25) is 0 Å². The number of benzene rings is 8. The highest BCUT2D eigenvalue weighted by atomic mass is 15.0. The lowest BCUT2D eigenvalue weighted by atomic mass is 10.0. The zero-order valence-corrected chi connectivity index (χ0v) is 30.5. The third kappa shape index (κ3) is 5.42. The molecule has 0 saturated carbocycles. The van der Waals surface area contributed by atoms with Crippen molar-refractivity contribution in [2.45, 2.75) is 6.42 Å². The van der Waals surface area contributed by atoms with Gasteiger partial charge in [-0.05, 0) is 81.8 Å². The Morgan fingerprint density at radius 2 is 0.893 bits per heavy atom. The summed E-state index contributed by atoms with van der Waals surface area (Å²) >= 11 is 0. The summed E-state index contributed by atoms with van der Waals surface area (Å²) in [5.74, 6) is 1.90. The van der Waals surface area contributed by atoms with Gasteiger partial charge in [0.25, 0.3) is 0 Å². The molecule has 0 aliphatic heterocycles. The smallest absolute Gasteiger partial charge is 0.164 e. The van der Waals surface area contributed by atoms with Crippen LogP contribution in [0.4, 0.5) is 0 Å². The molecule has 8 aromatic carbocycles. The van der Waals surface area contributed by atoms with Crippen molar-refractivity contribution in [3.63, 3.8) is 0 Å². The molecule has 4 heteroatoms. The van der Waals surface area contributed by atoms with Gasteiger partial charge in [-0.2, -0.15) is 0 Å². The summed E-state index contributed by atoms with van der Waals surface area (Å²) in [6.07, 6.45) is 0.954. The molecular weight excluding hydrogens is 681 g/mol. The average Bonchev–Trinajstić information content (AvgIpc) is 3.83. The number of hydrogen-bond acceptors (Lipinski definition) is 3. The Hall–Kier alpha value is -7.43. The Bertz CT molecular complexity index is 3070. The fourth-order valence-corrected chi connectivity index (χ4v) is 8.37. The molecule has 262 valence electrons. The predicted octanol–water partition coefficient (Wildman–Crippen LogP) is 12.9. The van der Waals surface area contributed by atoms with Crippen molar-refractivity contribution in [1.29, 1.82) is 0 Å². The lowest BCUT2D eigenvalue weighted by molar-refractivity contribution is 1.07. The van der Waals surface area contributed by atoms with Gasteiger partial charge in [0.2, 0.25) is 0 Å². The monoisotopic (exact) mass is 714 g/mol. The number of aromatic nitrogens is 4. The molecular formula is C52H34N4. The van der Waals surface area contributed by atoms with E-state index in [0.29, 0.717) is 17.5 Å². The summed E-state index contributed by atoms with van der Waals surface area (Å²) in [6, 6.07) is 68.7. The molecule has 0 spiro atoms. The van der Waals surface area contributed by atoms with Crippen LogP contribution in [0, 0.1) is 0 Å². The van der Waals surface area contributed by atoms with Crippen LogP contribution in [-0.2, 0) is 6.42 Å². The van der Waals surface area contributed by atoms with Gasteiger partial charge in [-0.15, -0.1) is 0 Å². The second-order valence-electron chi connectivity index (χ2n) is 14.4. The first kappa shape index (κ1) is 32.0. The molecule has 2 heterocycles. The molecule has 11 rings (SSSR count). The van der Waals surface area contributed by atoms with E-state index in [-0.39, 0.29) is 0 Å². The maximum atomic E-state index is 5.13. The van der Waals surface area contributed by atoms with Crippen LogP contribution in [0.15, 0.2) is 194 Å². The third-order valence-electron chi connectivity index (χ3n) is 11.1. The lowest BCUT2D eigenvalue weighted by Crippen LogP contribution is -2.01. The van der Waals surface area contributed by atoms with Crippen molar-refractivity contribution in [3.05, 3.63) is 205 Å². The van der Waals surface area contributed by atoms with E-state index in [1.807, 2.05) is 12.1 Å². The highest BCUT2D eigenvalue weighted by Crippen LogP contribution is 2.45. The fraction of sp³-hybridized carbons (Fsp3) is 0.0192. The quantitative estimate of drug-likeness (QED) is 0.172. The Morgan fingerprint density at radius 1 is 0.357 bits per heavy atom. The van der Waals surface area contributed by atoms with Crippen LogP contribution in [0.1, 0.15) is 11.1 Å². The van der Waals surface area contributed by atoms with Gasteiger partial charge in [-0.1, -0.05) is 158 Å².